The molecule has 104 valence electrons. The van der Waals surface area contributed by atoms with Crippen LogP contribution in [0.4, 0.5) is 13.2 Å². The van der Waals surface area contributed by atoms with Crippen LogP contribution in [0, 0.1) is 17.5 Å². The van der Waals surface area contributed by atoms with Crippen molar-refractivity contribution < 1.29 is 13.2 Å². The van der Waals surface area contributed by atoms with Crippen molar-refractivity contribution in [3.8, 4) is 11.1 Å². The molecule has 0 N–H and O–H groups in total. The molecule has 0 amide bonds. The van der Waals surface area contributed by atoms with Crippen LogP contribution in [0.1, 0.15) is 19.3 Å². The van der Waals surface area contributed by atoms with E-state index in [1.165, 1.54) is 6.42 Å². The molecule has 1 aliphatic rings. The van der Waals surface area contributed by atoms with Crippen molar-refractivity contribution in [1.29, 1.82) is 0 Å². The van der Waals surface area contributed by atoms with Gasteiger partial charge in [-0.05, 0) is 36.6 Å². The van der Waals surface area contributed by atoms with Gasteiger partial charge >= 0.3 is 0 Å². The van der Waals surface area contributed by atoms with Gasteiger partial charge in [-0.1, -0.05) is 12.5 Å². The lowest BCUT2D eigenvalue weighted by molar-refractivity contribution is 0.447. The third kappa shape index (κ3) is 2.54. The standard InChI is InChI=1S/C15H12F3NS/c16-12-7-9(8-13(17)14(12)18)11-5-2-6-19-15(11)20-10-3-1-4-10/h2,5-8,10H,1,3-4H2. The minimum Gasteiger partial charge on any atom is -0.249 e. The van der Waals surface area contributed by atoms with E-state index in [2.05, 4.69) is 4.98 Å². The van der Waals surface area contributed by atoms with Crippen LogP contribution in [0.25, 0.3) is 11.1 Å². The van der Waals surface area contributed by atoms with E-state index < -0.39 is 17.5 Å². The van der Waals surface area contributed by atoms with E-state index in [0.29, 0.717) is 16.4 Å². The molecular formula is C15H12F3NS. The summed E-state index contributed by atoms with van der Waals surface area (Å²) in [7, 11) is 0. The van der Waals surface area contributed by atoms with Crippen LogP contribution in [0.2, 0.25) is 0 Å². The van der Waals surface area contributed by atoms with Crippen LogP contribution in [-0.2, 0) is 0 Å². The third-order valence-electron chi connectivity index (χ3n) is 3.40. The first-order valence-corrected chi connectivity index (χ1v) is 7.29. The molecule has 0 unspecified atom stereocenters. The van der Waals surface area contributed by atoms with Crippen molar-refractivity contribution in [3.05, 3.63) is 47.9 Å². The number of benzene rings is 1. The Balaban J connectivity index is 2.00. The fourth-order valence-electron chi connectivity index (χ4n) is 2.06. The number of hydrogen-bond acceptors (Lipinski definition) is 2. The largest absolute Gasteiger partial charge is 0.249 e. The van der Waals surface area contributed by atoms with Gasteiger partial charge < -0.3 is 0 Å². The summed E-state index contributed by atoms with van der Waals surface area (Å²) in [6.45, 7) is 0. The Morgan fingerprint density at radius 1 is 1.10 bits per heavy atom. The van der Waals surface area contributed by atoms with Crippen molar-refractivity contribution in [1.82, 2.24) is 4.98 Å². The number of halogens is 3. The quantitative estimate of drug-likeness (QED) is 0.754. The van der Waals surface area contributed by atoms with Crippen molar-refractivity contribution >= 4 is 11.8 Å². The maximum atomic E-state index is 13.4. The van der Waals surface area contributed by atoms with Gasteiger partial charge in [-0.15, -0.1) is 11.8 Å². The Hall–Kier alpha value is -1.49. The summed E-state index contributed by atoms with van der Waals surface area (Å²) < 4.78 is 39.7. The second kappa shape index (κ2) is 5.48. The molecule has 1 aromatic heterocycles. The average Bonchev–Trinajstić information content (AvgIpc) is 2.40. The molecule has 3 rings (SSSR count). The highest BCUT2D eigenvalue weighted by molar-refractivity contribution is 8.00. The highest BCUT2D eigenvalue weighted by Gasteiger charge is 2.21. The molecule has 20 heavy (non-hydrogen) atoms. The lowest BCUT2D eigenvalue weighted by atomic mass is 10.00. The summed E-state index contributed by atoms with van der Waals surface area (Å²) >= 11 is 1.62. The molecule has 5 heteroatoms. The van der Waals surface area contributed by atoms with Gasteiger partial charge in [-0.3, -0.25) is 0 Å². The predicted molar refractivity (Wildman–Crippen MR) is 73.0 cm³/mol. The summed E-state index contributed by atoms with van der Waals surface area (Å²) in [5.74, 6) is -3.79. The first kappa shape index (κ1) is 13.5. The molecule has 0 radical (unpaired) electrons. The van der Waals surface area contributed by atoms with Gasteiger partial charge in [0.05, 0.1) is 0 Å². The summed E-state index contributed by atoms with van der Waals surface area (Å²) in [5, 5.41) is 1.25. The number of nitrogens with zero attached hydrogens (tertiary/aromatic N) is 1. The van der Waals surface area contributed by atoms with Gasteiger partial charge in [0.25, 0.3) is 0 Å². The Morgan fingerprint density at radius 3 is 2.40 bits per heavy atom. The highest BCUT2D eigenvalue weighted by Crippen LogP contribution is 2.39. The summed E-state index contributed by atoms with van der Waals surface area (Å²) in [5.41, 5.74) is 0.957. The van der Waals surface area contributed by atoms with Crippen LogP contribution in [0.5, 0.6) is 0 Å². The van der Waals surface area contributed by atoms with Crippen LogP contribution in [0.3, 0.4) is 0 Å². The van der Waals surface area contributed by atoms with Crippen molar-refractivity contribution in [2.45, 2.75) is 29.5 Å². The average molecular weight is 295 g/mol. The normalized spacial score (nSPS) is 15.2. The van der Waals surface area contributed by atoms with E-state index in [-0.39, 0.29) is 0 Å². The molecule has 0 bridgehead atoms. The predicted octanol–water partition coefficient (Wildman–Crippen LogP) is 4.81. The van der Waals surface area contributed by atoms with Gasteiger partial charge in [0.2, 0.25) is 0 Å². The second-order valence-corrected chi connectivity index (χ2v) is 6.07. The first-order valence-electron chi connectivity index (χ1n) is 6.42. The van der Waals surface area contributed by atoms with E-state index in [9.17, 15) is 13.2 Å². The Bertz CT molecular complexity index is 618. The van der Waals surface area contributed by atoms with E-state index >= 15 is 0 Å². The number of pyridine rings is 1. The fraction of sp³-hybridized carbons (Fsp3) is 0.267. The molecular weight excluding hydrogens is 283 g/mol. The van der Waals surface area contributed by atoms with Crippen molar-refractivity contribution in [2.24, 2.45) is 0 Å². The Labute approximate surface area is 119 Å². The van der Waals surface area contributed by atoms with Gasteiger partial charge in [-0.25, -0.2) is 18.2 Å². The molecule has 1 heterocycles. The molecule has 1 fully saturated rings. The van der Waals surface area contributed by atoms with Crippen molar-refractivity contribution in [3.63, 3.8) is 0 Å². The molecule has 1 aliphatic carbocycles. The van der Waals surface area contributed by atoms with Crippen LogP contribution >= 0.6 is 11.8 Å². The molecule has 0 saturated heterocycles. The number of hydrogen-bond donors (Lipinski definition) is 0. The second-order valence-electron chi connectivity index (χ2n) is 4.78. The molecule has 1 aromatic carbocycles. The van der Waals surface area contributed by atoms with Gasteiger partial charge in [-0.2, -0.15) is 0 Å². The molecule has 2 aromatic rings. The maximum Gasteiger partial charge on any atom is 0.194 e. The van der Waals surface area contributed by atoms with Crippen LogP contribution in [0.15, 0.2) is 35.5 Å². The summed E-state index contributed by atoms with van der Waals surface area (Å²) in [4.78, 5) is 4.28. The van der Waals surface area contributed by atoms with Crippen molar-refractivity contribution in [2.75, 3.05) is 0 Å². The summed E-state index contributed by atoms with van der Waals surface area (Å²) in [6.07, 6.45) is 5.13. The lowest BCUT2D eigenvalue weighted by Gasteiger charge is -2.24. The fourth-order valence-corrected chi connectivity index (χ4v) is 3.38. The SMILES string of the molecule is Fc1cc(-c2cccnc2SC2CCC2)cc(F)c1F. The first-order chi connectivity index (χ1) is 9.65. The van der Waals surface area contributed by atoms with E-state index in [0.717, 1.165) is 30.0 Å². The lowest BCUT2D eigenvalue weighted by Crippen LogP contribution is -2.13. The topological polar surface area (TPSA) is 12.9 Å². The Morgan fingerprint density at radius 2 is 1.80 bits per heavy atom. The van der Waals surface area contributed by atoms with E-state index in [4.69, 9.17) is 0 Å². The molecule has 0 aliphatic heterocycles. The number of rotatable bonds is 3. The van der Waals surface area contributed by atoms with Crippen LogP contribution < -0.4 is 0 Å². The molecule has 1 saturated carbocycles. The van der Waals surface area contributed by atoms with E-state index in [1.807, 2.05) is 0 Å². The van der Waals surface area contributed by atoms with E-state index in [1.54, 1.807) is 30.1 Å². The van der Waals surface area contributed by atoms with Crippen LogP contribution in [-0.4, -0.2) is 10.2 Å². The molecule has 0 atom stereocenters. The smallest absolute Gasteiger partial charge is 0.194 e. The monoisotopic (exact) mass is 295 g/mol. The zero-order chi connectivity index (χ0) is 14.1. The highest BCUT2D eigenvalue weighted by atomic mass is 32.2. The molecule has 0 spiro atoms. The van der Waals surface area contributed by atoms with Gasteiger partial charge in [0.15, 0.2) is 17.5 Å². The minimum absolute atomic E-state index is 0.316. The zero-order valence-corrected chi connectivity index (χ0v) is 11.4. The molecule has 1 nitrogen and oxygen atoms in total. The summed E-state index contributed by atoms with van der Waals surface area (Å²) in [6, 6.07) is 5.49. The zero-order valence-electron chi connectivity index (χ0n) is 10.6. The number of thioether (sulfide) groups is 1. The number of aromatic nitrogens is 1. The third-order valence-corrected chi connectivity index (χ3v) is 4.75. The minimum atomic E-state index is -1.44. The van der Waals surface area contributed by atoms with Gasteiger partial charge in [0, 0.05) is 17.0 Å². The Kier molecular flexibility index (Phi) is 3.70. The van der Waals surface area contributed by atoms with Gasteiger partial charge in [0.1, 0.15) is 5.03 Å². The maximum absolute atomic E-state index is 13.4.